The molecule has 0 aromatic carbocycles. The number of halogens is 2. The predicted molar refractivity (Wildman–Crippen MR) is 51.9 cm³/mol. The Labute approximate surface area is 79.9 Å². The lowest BCUT2D eigenvalue weighted by Crippen LogP contribution is -2.24. The zero-order chi connectivity index (χ0) is 9.28. The quantitative estimate of drug-likeness (QED) is 0.662. The van der Waals surface area contributed by atoms with Crippen LogP contribution < -0.4 is 0 Å². The third kappa shape index (κ3) is 7.08. The molecule has 0 amide bonds. The lowest BCUT2D eigenvalue weighted by Gasteiger charge is -2.27. The molecule has 0 fully saturated rings. The largest absolute Gasteiger partial charge is 0.364 e. The van der Waals surface area contributed by atoms with Gasteiger partial charge in [0.1, 0.15) is 0 Å². The summed E-state index contributed by atoms with van der Waals surface area (Å²) in [4.78, 5) is 0. The van der Waals surface area contributed by atoms with E-state index in [4.69, 9.17) is 4.52 Å². The molecule has 5 heteroatoms. The van der Waals surface area contributed by atoms with Crippen molar-refractivity contribution < 1.29 is 13.3 Å². The summed E-state index contributed by atoms with van der Waals surface area (Å²) < 4.78 is 27.8. The van der Waals surface area contributed by atoms with Crippen LogP contribution in [0.2, 0.25) is 0 Å². The van der Waals surface area contributed by atoms with Gasteiger partial charge in [0.05, 0.1) is 6.10 Å². The Hall–Kier alpha value is 0.410. The summed E-state index contributed by atoms with van der Waals surface area (Å²) in [5.41, 5.74) is -0.169. The molecule has 0 aliphatic rings. The first kappa shape index (κ1) is 14.9. The first-order valence-corrected chi connectivity index (χ1v) is 5.55. The van der Waals surface area contributed by atoms with Crippen molar-refractivity contribution in [3.05, 3.63) is 0 Å². The van der Waals surface area contributed by atoms with Gasteiger partial charge in [-0.15, -0.1) is 12.4 Å². The van der Waals surface area contributed by atoms with Crippen LogP contribution in [0.3, 0.4) is 0 Å². The summed E-state index contributed by atoms with van der Waals surface area (Å²) in [5, 5.41) is 0. The van der Waals surface area contributed by atoms with Gasteiger partial charge in [-0.25, -0.2) is 0 Å². The fourth-order valence-electron chi connectivity index (χ4n) is 0.441. The van der Waals surface area contributed by atoms with Gasteiger partial charge in [0, 0.05) is 6.66 Å². The smallest absolute Gasteiger partial charge is 0.302 e. The second-order valence-corrected chi connectivity index (χ2v) is 5.56. The Morgan fingerprint density at radius 3 is 1.83 bits per heavy atom. The molecule has 0 heterocycles. The number of rotatable bonds is 2. The molecule has 0 radical (unpaired) electrons. The van der Waals surface area contributed by atoms with Gasteiger partial charge in [-0.1, -0.05) is 20.8 Å². The van der Waals surface area contributed by atoms with Crippen LogP contribution >= 0.6 is 20.1 Å². The monoisotopic (exact) mass is 218 g/mol. The van der Waals surface area contributed by atoms with Gasteiger partial charge >= 0.3 is 7.68 Å². The zero-order valence-electron chi connectivity index (χ0n) is 8.13. The van der Waals surface area contributed by atoms with Gasteiger partial charge < -0.3 is 4.52 Å². The third-order valence-corrected chi connectivity index (χ3v) is 2.26. The molecule has 2 nitrogen and oxygen atoms in total. The maximum atomic E-state index is 12.5. The van der Waals surface area contributed by atoms with Gasteiger partial charge in [0.15, 0.2) is 0 Å². The summed E-state index contributed by atoms with van der Waals surface area (Å²) >= 11 is 0. The third-order valence-electron chi connectivity index (χ3n) is 1.57. The van der Waals surface area contributed by atoms with Crippen molar-refractivity contribution in [1.29, 1.82) is 0 Å². The number of hydrogen-bond acceptors (Lipinski definition) is 2. The molecule has 0 rings (SSSR count). The van der Waals surface area contributed by atoms with Crippen molar-refractivity contribution in [2.75, 3.05) is 6.66 Å². The zero-order valence-corrected chi connectivity index (χ0v) is 9.84. The summed E-state index contributed by atoms with van der Waals surface area (Å²) in [6.45, 7) is 8.43. The second kappa shape index (κ2) is 4.59. The molecule has 76 valence electrons. The topological polar surface area (TPSA) is 26.3 Å². The minimum Gasteiger partial charge on any atom is -0.302 e. The van der Waals surface area contributed by atoms with Crippen molar-refractivity contribution in [3.63, 3.8) is 0 Å². The molecule has 0 aromatic heterocycles. The minimum atomic E-state index is -3.82. The molecule has 0 spiro atoms. The van der Waals surface area contributed by atoms with Gasteiger partial charge in [-0.05, 0) is 12.3 Å². The Morgan fingerprint density at radius 1 is 1.42 bits per heavy atom. The van der Waals surface area contributed by atoms with Crippen LogP contribution in [-0.4, -0.2) is 12.8 Å². The van der Waals surface area contributed by atoms with Crippen molar-refractivity contribution in [2.24, 2.45) is 5.41 Å². The van der Waals surface area contributed by atoms with Gasteiger partial charge in [-0.2, -0.15) is 4.20 Å². The summed E-state index contributed by atoms with van der Waals surface area (Å²) in [5.74, 6) is 0. The van der Waals surface area contributed by atoms with E-state index in [1.54, 1.807) is 6.92 Å². The molecular formula is C7H17ClFO2P. The van der Waals surface area contributed by atoms with E-state index in [0.29, 0.717) is 0 Å². The summed E-state index contributed by atoms with van der Waals surface area (Å²) in [7, 11) is -3.82. The summed E-state index contributed by atoms with van der Waals surface area (Å²) in [6, 6.07) is 0. The Morgan fingerprint density at radius 2 is 1.75 bits per heavy atom. The van der Waals surface area contributed by atoms with E-state index in [0.717, 1.165) is 6.66 Å². The Bertz CT molecular complexity index is 173. The van der Waals surface area contributed by atoms with Gasteiger partial charge in [0.2, 0.25) is 0 Å². The Kier molecular flexibility index (Phi) is 5.70. The molecular weight excluding hydrogens is 202 g/mol. The maximum Gasteiger partial charge on any atom is 0.364 e. The van der Waals surface area contributed by atoms with E-state index in [-0.39, 0.29) is 23.9 Å². The van der Waals surface area contributed by atoms with Crippen LogP contribution in [0, 0.1) is 5.41 Å². The fraction of sp³-hybridized carbons (Fsp3) is 1.00. The lowest BCUT2D eigenvalue weighted by molar-refractivity contribution is 0.0989. The molecule has 0 saturated carbocycles. The molecule has 0 aliphatic carbocycles. The van der Waals surface area contributed by atoms with Crippen molar-refractivity contribution in [2.45, 2.75) is 33.8 Å². The van der Waals surface area contributed by atoms with Crippen LogP contribution in [0.15, 0.2) is 0 Å². The first-order chi connectivity index (χ1) is 4.63. The van der Waals surface area contributed by atoms with Crippen LogP contribution in [0.25, 0.3) is 0 Å². The van der Waals surface area contributed by atoms with E-state index in [2.05, 4.69) is 0 Å². The predicted octanol–water partition coefficient (Wildman–Crippen LogP) is 3.65. The van der Waals surface area contributed by atoms with Crippen LogP contribution in [0.4, 0.5) is 4.20 Å². The molecule has 0 aromatic rings. The van der Waals surface area contributed by atoms with Crippen LogP contribution in [-0.2, 0) is 9.09 Å². The maximum absolute atomic E-state index is 12.5. The molecule has 12 heavy (non-hydrogen) atoms. The number of hydrogen-bond donors (Lipinski definition) is 0. The van der Waals surface area contributed by atoms with Crippen LogP contribution in [0.5, 0.6) is 0 Å². The Balaban J connectivity index is 0. The normalized spacial score (nSPS) is 19.2. The van der Waals surface area contributed by atoms with Gasteiger partial charge in [-0.3, -0.25) is 4.57 Å². The highest BCUT2D eigenvalue weighted by molar-refractivity contribution is 7.52. The molecule has 0 aliphatic heterocycles. The van der Waals surface area contributed by atoms with E-state index in [1.165, 1.54) is 0 Å². The lowest BCUT2D eigenvalue weighted by atomic mass is 9.91. The average molecular weight is 219 g/mol. The van der Waals surface area contributed by atoms with E-state index in [1.807, 2.05) is 20.8 Å². The molecule has 0 bridgehead atoms. The van der Waals surface area contributed by atoms with Crippen molar-refractivity contribution >= 4 is 20.1 Å². The SMILES string of the molecule is CC(OP(C)(=O)F)C(C)(C)C.Cl. The highest BCUT2D eigenvalue weighted by Gasteiger charge is 2.27. The molecule has 2 atom stereocenters. The molecule has 2 unspecified atom stereocenters. The van der Waals surface area contributed by atoms with Crippen molar-refractivity contribution in [3.8, 4) is 0 Å². The minimum absolute atomic E-state index is 0. The molecule has 0 N–H and O–H groups in total. The summed E-state index contributed by atoms with van der Waals surface area (Å²) in [6.07, 6.45) is -0.330. The van der Waals surface area contributed by atoms with E-state index < -0.39 is 7.68 Å². The first-order valence-electron chi connectivity index (χ1n) is 3.58. The van der Waals surface area contributed by atoms with E-state index in [9.17, 15) is 8.76 Å². The highest BCUT2D eigenvalue weighted by Crippen LogP contribution is 2.47. The van der Waals surface area contributed by atoms with Crippen molar-refractivity contribution in [1.82, 2.24) is 0 Å². The highest BCUT2D eigenvalue weighted by atomic mass is 35.5. The van der Waals surface area contributed by atoms with E-state index >= 15 is 0 Å². The second-order valence-electron chi connectivity index (χ2n) is 3.86. The standard InChI is InChI=1S/C7H16FO2P.ClH/c1-6(7(2,3)4)10-11(5,8)9;/h6H,1-5H3;1H. The van der Waals surface area contributed by atoms with Gasteiger partial charge in [0.25, 0.3) is 0 Å². The molecule has 0 saturated heterocycles. The van der Waals surface area contributed by atoms with Crippen LogP contribution in [0.1, 0.15) is 27.7 Å². The fourth-order valence-corrected chi connectivity index (χ4v) is 1.32. The average Bonchev–Trinajstić information content (AvgIpc) is 1.56.